The molecule has 0 saturated carbocycles. The molecule has 0 bridgehead atoms. The summed E-state index contributed by atoms with van der Waals surface area (Å²) in [5.41, 5.74) is 0.986. The Hall–Kier alpha value is -1.37. The maximum Gasteiger partial charge on any atom is 0.230 e. The molecular weight excluding hydrogens is 390 g/mol. The van der Waals surface area contributed by atoms with E-state index in [0.29, 0.717) is 24.7 Å². The Morgan fingerprint density at radius 3 is 2.58 bits per heavy atom. The van der Waals surface area contributed by atoms with Crippen LogP contribution in [0, 0.1) is 0 Å². The van der Waals surface area contributed by atoms with Crippen molar-refractivity contribution in [2.24, 2.45) is 0 Å². The number of carbonyl (C=O) groups excluding carboxylic acids is 1. The lowest BCUT2D eigenvalue weighted by Crippen LogP contribution is -2.28. The molecule has 0 saturated heterocycles. The number of amides is 1. The maximum absolute atomic E-state index is 12.2. The molecule has 0 radical (unpaired) electrons. The number of benzene rings is 1. The zero-order valence-corrected chi connectivity index (χ0v) is 17.6. The Kier molecular flexibility index (Phi) is 8.62. The van der Waals surface area contributed by atoms with Gasteiger partial charge in [0.15, 0.2) is 11.5 Å². The normalized spacial score (nSPS) is 11.8. The molecule has 1 atom stereocenters. The van der Waals surface area contributed by atoms with Gasteiger partial charge in [0, 0.05) is 10.6 Å². The number of halogens is 1. The molecule has 0 unspecified atom stereocenters. The van der Waals surface area contributed by atoms with Crippen molar-refractivity contribution in [3.8, 4) is 11.5 Å². The molecule has 0 aliphatic rings. The number of rotatable bonds is 10. The van der Waals surface area contributed by atoms with E-state index < -0.39 is 0 Å². The highest BCUT2D eigenvalue weighted by Crippen LogP contribution is 2.31. The van der Waals surface area contributed by atoms with Crippen LogP contribution in [0.4, 0.5) is 0 Å². The molecular formula is C19H24ClNO3S2. The first-order chi connectivity index (χ1) is 12.5. The van der Waals surface area contributed by atoms with Crippen molar-refractivity contribution < 1.29 is 14.3 Å². The minimum Gasteiger partial charge on any atom is -0.490 e. The second-order valence-corrected chi connectivity index (χ2v) is 8.35. The Balaban J connectivity index is 1.88. The first-order valence-corrected chi connectivity index (χ1v) is 10.9. The molecule has 1 heterocycles. The van der Waals surface area contributed by atoms with E-state index in [4.69, 9.17) is 21.1 Å². The summed E-state index contributed by atoms with van der Waals surface area (Å²) < 4.78 is 12.0. The Morgan fingerprint density at radius 1 is 1.19 bits per heavy atom. The quantitative estimate of drug-likeness (QED) is 0.573. The molecule has 1 aromatic heterocycles. The molecule has 1 aromatic carbocycles. The van der Waals surface area contributed by atoms with E-state index in [-0.39, 0.29) is 11.9 Å². The van der Waals surface area contributed by atoms with E-state index >= 15 is 0 Å². The number of carbonyl (C=O) groups is 1. The largest absolute Gasteiger partial charge is 0.490 e. The predicted octanol–water partition coefficient (Wildman–Crippen LogP) is 5.31. The van der Waals surface area contributed by atoms with Gasteiger partial charge in [-0.15, -0.1) is 23.1 Å². The Labute approximate surface area is 168 Å². The van der Waals surface area contributed by atoms with Crippen molar-refractivity contribution in [3.63, 3.8) is 0 Å². The topological polar surface area (TPSA) is 47.6 Å². The number of thioether (sulfide) groups is 1. The molecule has 7 heteroatoms. The monoisotopic (exact) mass is 413 g/mol. The van der Waals surface area contributed by atoms with Crippen LogP contribution >= 0.6 is 34.7 Å². The minimum absolute atomic E-state index is 0.0111. The predicted molar refractivity (Wildman–Crippen MR) is 111 cm³/mol. The summed E-state index contributed by atoms with van der Waals surface area (Å²) in [6.07, 6.45) is 0. The summed E-state index contributed by atoms with van der Waals surface area (Å²) in [4.78, 5) is 13.4. The van der Waals surface area contributed by atoms with E-state index in [1.54, 1.807) is 23.1 Å². The molecule has 1 N–H and O–H groups in total. The fourth-order valence-electron chi connectivity index (χ4n) is 2.38. The zero-order valence-electron chi connectivity index (χ0n) is 15.2. The molecule has 26 heavy (non-hydrogen) atoms. The van der Waals surface area contributed by atoms with Crippen molar-refractivity contribution in [2.45, 2.75) is 32.6 Å². The Morgan fingerprint density at radius 2 is 1.92 bits per heavy atom. The molecule has 0 spiro atoms. The highest BCUT2D eigenvalue weighted by molar-refractivity contribution is 7.99. The smallest absolute Gasteiger partial charge is 0.230 e. The molecule has 2 aromatic rings. The maximum atomic E-state index is 12.2. The van der Waals surface area contributed by atoms with Crippen LogP contribution in [-0.2, 0) is 10.5 Å². The summed E-state index contributed by atoms with van der Waals surface area (Å²) in [6.45, 7) is 6.99. The molecule has 4 nitrogen and oxygen atoms in total. The summed E-state index contributed by atoms with van der Waals surface area (Å²) in [6, 6.07) is 9.55. The third-order valence-electron chi connectivity index (χ3n) is 3.55. The first-order valence-electron chi connectivity index (χ1n) is 8.54. The summed E-state index contributed by atoms with van der Waals surface area (Å²) in [7, 11) is 0. The standard InChI is InChI=1S/C19H24ClNO3S2/c1-4-23-16-8-6-14(10-17(16)24-5-2)13(3)21-19(22)12-25-11-15-7-9-18(20)26-15/h6-10,13H,4-5,11-12H2,1-3H3,(H,21,22)/t13-/m1/s1. The lowest BCUT2D eigenvalue weighted by molar-refractivity contribution is -0.119. The fraction of sp³-hybridized carbons (Fsp3) is 0.421. The minimum atomic E-state index is -0.103. The van der Waals surface area contributed by atoms with Crippen LogP contribution in [0.2, 0.25) is 4.34 Å². The summed E-state index contributed by atoms with van der Waals surface area (Å²) in [5.74, 6) is 2.64. The Bertz CT molecular complexity index is 721. The summed E-state index contributed by atoms with van der Waals surface area (Å²) >= 11 is 9.04. The molecule has 0 aliphatic heterocycles. The SMILES string of the molecule is CCOc1ccc([C@@H](C)NC(=O)CSCc2ccc(Cl)s2)cc1OCC. The van der Waals surface area contributed by atoms with Gasteiger partial charge in [0.05, 0.1) is 29.3 Å². The van der Waals surface area contributed by atoms with E-state index in [1.807, 2.05) is 51.1 Å². The van der Waals surface area contributed by atoms with Crippen LogP contribution in [-0.4, -0.2) is 24.9 Å². The third-order valence-corrected chi connectivity index (χ3v) is 5.95. The lowest BCUT2D eigenvalue weighted by atomic mass is 10.1. The third kappa shape index (κ3) is 6.41. The van der Waals surface area contributed by atoms with E-state index in [9.17, 15) is 4.79 Å². The summed E-state index contributed by atoms with van der Waals surface area (Å²) in [5, 5.41) is 3.03. The van der Waals surface area contributed by atoms with Crippen LogP contribution in [0.25, 0.3) is 0 Å². The second-order valence-electron chi connectivity index (χ2n) is 5.56. The number of thiophene rings is 1. The van der Waals surface area contributed by atoms with Crippen molar-refractivity contribution in [1.82, 2.24) is 5.32 Å². The van der Waals surface area contributed by atoms with Crippen LogP contribution in [0.1, 0.15) is 37.3 Å². The van der Waals surface area contributed by atoms with E-state index in [0.717, 1.165) is 21.4 Å². The molecule has 1 amide bonds. The molecule has 142 valence electrons. The van der Waals surface area contributed by atoms with Gasteiger partial charge in [0.25, 0.3) is 0 Å². The number of hydrogen-bond donors (Lipinski definition) is 1. The van der Waals surface area contributed by atoms with Gasteiger partial charge < -0.3 is 14.8 Å². The van der Waals surface area contributed by atoms with Gasteiger partial charge in [-0.25, -0.2) is 0 Å². The fourth-order valence-corrected chi connectivity index (χ4v) is 4.41. The average molecular weight is 414 g/mol. The van der Waals surface area contributed by atoms with Crippen molar-refractivity contribution in [2.75, 3.05) is 19.0 Å². The van der Waals surface area contributed by atoms with Gasteiger partial charge in [0.2, 0.25) is 5.91 Å². The van der Waals surface area contributed by atoms with Gasteiger partial charge >= 0.3 is 0 Å². The van der Waals surface area contributed by atoms with Crippen molar-refractivity contribution >= 4 is 40.6 Å². The van der Waals surface area contributed by atoms with E-state index in [1.165, 1.54) is 4.88 Å². The van der Waals surface area contributed by atoms with Gasteiger partial charge in [-0.05, 0) is 50.6 Å². The average Bonchev–Trinajstić information content (AvgIpc) is 3.02. The van der Waals surface area contributed by atoms with Gasteiger partial charge in [0.1, 0.15) is 0 Å². The number of ether oxygens (including phenoxy) is 2. The van der Waals surface area contributed by atoms with E-state index in [2.05, 4.69) is 5.32 Å². The first kappa shape index (κ1) is 20.9. The zero-order chi connectivity index (χ0) is 18.9. The lowest BCUT2D eigenvalue weighted by Gasteiger charge is -2.17. The highest BCUT2D eigenvalue weighted by Gasteiger charge is 2.13. The van der Waals surface area contributed by atoms with Crippen LogP contribution in [0.15, 0.2) is 30.3 Å². The van der Waals surface area contributed by atoms with Crippen LogP contribution in [0.3, 0.4) is 0 Å². The molecule has 2 rings (SSSR count). The van der Waals surface area contributed by atoms with Gasteiger partial charge in [-0.1, -0.05) is 17.7 Å². The molecule has 0 fully saturated rings. The van der Waals surface area contributed by atoms with Gasteiger partial charge in [-0.2, -0.15) is 0 Å². The van der Waals surface area contributed by atoms with Gasteiger partial charge in [-0.3, -0.25) is 4.79 Å². The number of nitrogens with one attached hydrogen (secondary N) is 1. The highest BCUT2D eigenvalue weighted by atomic mass is 35.5. The second kappa shape index (κ2) is 10.7. The van der Waals surface area contributed by atoms with Crippen molar-refractivity contribution in [3.05, 3.63) is 45.1 Å². The number of hydrogen-bond acceptors (Lipinski definition) is 5. The van der Waals surface area contributed by atoms with Crippen LogP contribution in [0.5, 0.6) is 11.5 Å². The van der Waals surface area contributed by atoms with Crippen LogP contribution < -0.4 is 14.8 Å². The van der Waals surface area contributed by atoms with Crippen molar-refractivity contribution in [1.29, 1.82) is 0 Å². The molecule has 0 aliphatic carbocycles.